The minimum atomic E-state index is -0.229. The lowest BCUT2D eigenvalue weighted by atomic mass is 9.99. The van der Waals surface area contributed by atoms with Crippen LogP contribution < -0.4 is 9.47 Å². The molecule has 5 rings (SSSR count). The molecule has 178 valence electrons. The number of carbonyl (C=O) groups excluding carboxylic acids is 1. The number of amides is 1. The fraction of sp³-hybridized carbons (Fsp3) is 0.269. The first kappa shape index (κ1) is 22.5. The van der Waals surface area contributed by atoms with Crippen LogP contribution in [0.15, 0.2) is 67.3 Å². The van der Waals surface area contributed by atoms with Crippen LogP contribution in [0.25, 0.3) is 5.69 Å². The van der Waals surface area contributed by atoms with Crippen molar-refractivity contribution in [2.75, 3.05) is 13.7 Å². The lowest BCUT2D eigenvalue weighted by Crippen LogP contribution is -2.39. The molecule has 9 nitrogen and oxygen atoms in total. The summed E-state index contributed by atoms with van der Waals surface area (Å²) in [6.45, 7) is 2.55. The van der Waals surface area contributed by atoms with Crippen molar-refractivity contribution in [3.05, 3.63) is 84.3 Å². The van der Waals surface area contributed by atoms with E-state index in [1.165, 1.54) is 0 Å². The first-order valence-electron chi connectivity index (χ1n) is 11.5. The number of likely N-dealkylation sites (tertiary alicyclic amines) is 1. The Morgan fingerprint density at radius 2 is 1.74 bits per heavy atom. The minimum absolute atomic E-state index is 0.0487. The van der Waals surface area contributed by atoms with Crippen molar-refractivity contribution in [2.24, 2.45) is 0 Å². The van der Waals surface area contributed by atoms with Gasteiger partial charge in [0.2, 0.25) is 5.88 Å². The first-order chi connectivity index (χ1) is 17.1. The van der Waals surface area contributed by atoms with Gasteiger partial charge in [0.15, 0.2) is 5.82 Å². The topological polar surface area (TPSA) is 95.3 Å². The van der Waals surface area contributed by atoms with Gasteiger partial charge in [0, 0.05) is 29.6 Å². The molecule has 0 bridgehead atoms. The molecule has 2 aromatic heterocycles. The number of carbonyl (C=O) groups is 1. The molecule has 0 spiro atoms. The van der Waals surface area contributed by atoms with Crippen molar-refractivity contribution in [3.8, 4) is 23.1 Å². The van der Waals surface area contributed by atoms with Gasteiger partial charge in [0.1, 0.15) is 24.2 Å². The van der Waals surface area contributed by atoms with E-state index in [-0.39, 0.29) is 11.9 Å². The van der Waals surface area contributed by atoms with Gasteiger partial charge in [-0.2, -0.15) is 4.98 Å². The van der Waals surface area contributed by atoms with Crippen molar-refractivity contribution < 1.29 is 14.3 Å². The van der Waals surface area contributed by atoms with Crippen molar-refractivity contribution in [1.82, 2.24) is 29.6 Å². The summed E-state index contributed by atoms with van der Waals surface area (Å²) in [7, 11) is 1.62. The number of hydrogen-bond acceptors (Lipinski definition) is 7. The van der Waals surface area contributed by atoms with Crippen LogP contribution in [0.4, 0.5) is 0 Å². The van der Waals surface area contributed by atoms with Crippen LogP contribution in [0.1, 0.15) is 47.2 Å². The van der Waals surface area contributed by atoms with Crippen LogP contribution in [-0.4, -0.2) is 49.2 Å². The van der Waals surface area contributed by atoms with Gasteiger partial charge in [-0.15, -0.1) is 10.2 Å². The first-order valence-corrected chi connectivity index (χ1v) is 11.5. The minimum Gasteiger partial charge on any atom is -0.497 e. The number of ether oxygens (including phenoxy) is 2. The quantitative estimate of drug-likeness (QED) is 0.408. The molecule has 1 atom stereocenters. The molecule has 0 aliphatic carbocycles. The Balaban J connectivity index is 1.41. The molecule has 0 unspecified atom stereocenters. The second-order valence-electron chi connectivity index (χ2n) is 8.41. The van der Waals surface area contributed by atoms with Gasteiger partial charge in [0.25, 0.3) is 5.91 Å². The second-order valence-corrected chi connectivity index (χ2v) is 8.41. The lowest BCUT2D eigenvalue weighted by molar-refractivity contribution is 0.0598. The molecule has 35 heavy (non-hydrogen) atoms. The Hall–Kier alpha value is -4.27. The highest BCUT2D eigenvalue weighted by atomic mass is 16.5. The molecule has 0 radical (unpaired) electrons. The van der Waals surface area contributed by atoms with Crippen molar-refractivity contribution in [3.63, 3.8) is 0 Å². The van der Waals surface area contributed by atoms with Crippen LogP contribution >= 0.6 is 0 Å². The van der Waals surface area contributed by atoms with Crippen molar-refractivity contribution in [2.45, 2.75) is 32.2 Å². The van der Waals surface area contributed by atoms with Gasteiger partial charge in [0.05, 0.1) is 13.2 Å². The van der Waals surface area contributed by atoms with Gasteiger partial charge in [-0.1, -0.05) is 6.07 Å². The van der Waals surface area contributed by atoms with Gasteiger partial charge < -0.3 is 14.4 Å². The highest BCUT2D eigenvalue weighted by Gasteiger charge is 2.31. The van der Waals surface area contributed by atoms with E-state index in [4.69, 9.17) is 14.5 Å². The number of piperidine rings is 1. The van der Waals surface area contributed by atoms with Crippen LogP contribution in [0, 0.1) is 6.92 Å². The maximum absolute atomic E-state index is 13.6. The van der Waals surface area contributed by atoms with E-state index < -0.39 is 0 Å². The Kier molecular flexibility index (Phi) is 6.38. The number of aryl methyl sites for hydroxylation is 1. The number of hydrogen-bond donors (Lipinski definition) is 0. The van der Waals surface area contributed by atoms with Gasteiger partial charge >= 0.3 is 0 Å². The number of rotatable bonds is 6. The third-order valence-electron chi connectivity index (χ3n) is 6.00. The second kappa shape index (κ2) is 9.92. The molecule has 1 aliphatic heterocycles. The monoisotopic (exact) mass is 470 g/mol. The standard InChI is InChI=1S/C26H26N6O3/c1-18-14-24(35-22-11-9-21(34-2)10-12-22)30-25(29-18)23-8-3-4-13-32(23)26(33)19-6-5-7-20(15-19)31-16-27-28-17-31/h5-7,9-12,14-17,23H,3-4,8,13H2,1-2H3/t23-/m0/s1. The molecule has 4 aromatic rings. The molecule has 1 fully saturated rings. The normalized spacial score (nSPS) is 15.6. The van der Waals surface area contributed by atoms with E-state index in [1.54, 1.807) is 30.4 Å². The number of aromatic nitrogens is 5. The summed E-state index contributed by atoms with van der Waals surface area (Å²) >= 11 is 0. The maximum Gasteiger partial charge on any atom is 0.254 e. The molecule has 2 aromatic carbocycles. The van der Waals surface area contributed by atoms with E-state index in [2.05, 4.69) is 15.2 Å². The predicted octanol–water partition coefficient (Wildman–Crippen LogP) is 4.53. The number of nitrogens with zero attached hydrogens (tertiary/aromatic N) is 6. The number of methoxy groups -OCH3 is 1. The molecule has 1 amide bonds. The molecule has 1 saturated heterocycles. The van der Waals surface area contributed by atoms with E-state index in [1.807, 2.05) is 60.4 Å². The molecular weight excluding hydrogens is 444 g/mol. The Morgan fingerprint density at radius 3 is 2.51 bits per heavy atom. The zero-order chi connectivity index (χ0) is 24.2. The summed E-state index contributed by atoms with van der Waals surface area (Å²) in [6, 6.07) is 16.4. The average molecular weight is 471 g/mol. The molecule has 3 heterocycles. The molecule has 9 heteroatoms. The molecular formula is C26H26N6O3. The Morgan fingerprint density at radius 1 is 0.971 bits per heavy atom. The Bertz CT molecular complexity index is 1310. The van der Waals surface area contributed by atoms with Crippen LogP contribution in [0.5, 0.6) is 17.4 Å². The fourth-order valence-corrected chi connectivity index (χ4v) is 4.27. The average Bonchev–Trinajstić information content (AvgIpc) is 3.44. The van der Waals surface area contributed by atoms with Gasteiger partial charge in [-0.3, -0.25) is 9.36 Å². The third-order valence-corrected chi connectivity index (χ3v) is 6.00. The highest BCUT2D eigenvalue weighted by molar-refractivity contribution is 5.95. The van der Waals surface area contributed by atoms with E-state index in [9.17, 15) is 4.79 Å². The summed E-state index contributed by atoms with van der Waals surface area (Å²) in [5.41, 5.74) is 2.22. The van der Waals surface area contributed by atoms with E-state index >= 15 is 0 Å². The summed E-state index contributed by atoms with van der Waals surface area (Å²) in [4.78, 5) is 24.9. The molecule has 0 N–H and O–H groups in total. The fourth-order valence-electron chi connectivity index (χ4n) is 4.27. The van der Waals surface area contributed by atoms with Gasteiger partial charge in [-0.25, -0.2) is 4.98 Å². The largest absolute Gasteiger partial charge is 0.497 e. The zero-order valence-corrected chi connectivity index (χ0v) is 19.7. The van der Waals surface area contributed by atoms with Crippen LogP contribution in [0.2, 0.25) is 0 Å². The van der Waals surface area contributed by atoms with Crippen molar-refractivity contribution >= 4 is 5.91 Å². The predicted molar refractivity (Wildman–Crippen MR) is 129 cm³/mol. The highest BCUT2D eigenvalue weighted by Crippen LogP contribution is 2.32. The number of benzene rings is 2. The van der Waals surface area contributed by atoms with E-state index in [0.717, 1.165) is 36.4 Å². The SMILES string of the molecule is COc1ccc(Oc2cc(C)nc([C@@H]3CCCCN3C(=O)c3cccc(-n4cnnc4)c3)n2)cc1. The van der Waals surface area contributed by atoms with Gasteiger partial charge in [-0.05, 0) is 68.7 Å². The third kappa shape index (κ3) is 4.98. The molecule has 0 saturated carbocycles. The summed E-state index contributed by atoms with van der Waals surface area (Å²) in [5, 5.41) is 7.71. The summed E-state index contributed by atoms with van der Waals surface area (Å²) < 4.78 is 13.0. The smallest absolute Gasteiger partial charge is 0.254 e. The molecule has 1 aliphatic rings. The van der Waals surface area contributed by atoms with Crippen LogP contribution in [-0.2, 0) is 0 Å². The zero-order valence-electron chi connectivity index (χ0n) is 19.7. The maximum atomic E-state index is 13.6. The van der Waals surface area contributed by atoms with E-state index in [0.29, 0.717) is 29.6 Å². The summed E-state index contributed by atoms with van der Waals surface area (Å²) in [5.74, 6) is 2.40. The Labute approximate surface area is 203 Å². The van der Waals surface area contributed by atoms with Crippen LogP contribution in [0.3, 0.4) is 0 Å². The lowest BCUT2D eigenvalue weighted by Gasteiger charge is -2.35. The summed E-state index contributed by atoms with van der Waals surface area (Å²) in [6.07, 6.45) is 5.95. The van der Waals surface area contributed by atoms with Crippen molar-refractivity contribution in [1.29, 1.82) is 0 Å².